The Morgan fingerprint density at radius 2 is 1.74 bits per heavy atom. The Balaban J connectivity index is 1.46. The normalized spacial score (nSPS) is 18.0. The predicted molar refractivity (Wildman–Crippen MR) is 92.4 cm³/mol. The molecule has 1 N–H and O–H groups in total. The van der Waals surface area contributed by atoms with Gasteiger partial charge in [-0.05, 0) is 29.3 Å². The Morgan fingerprint density at radius 3 is 2.39 bits per heavy atom. The zero-order valence-corrected chi connectivity index (χ0v) is 13.9. The standard InChI is InChI=1S/C18H22ClN3O/c19-17-5-3-16(4-6-17)18(23)14-22-10-8-21(9-11-22)13-15-2-1-7-20-12-15/h1-7,12,18,23H,8-11,13-14H2. The Bertz CT molecular complexity index is 597. The van der Waals surface area contributed by atoms with E-state index in [1.807, 2.05) is 36.5 Å². The second-order valence-electron chi connectivity index (χ2n) is 6.01. The largest absolute Gasteiger partial charge is 0.387 e. The summed E-state index contributed by atoms with van der Waals surface area (Å²) in [4.78, 5) is 8.92. The van der Waals surface area contributed by atoms with E-state index in [9.17, 15) is 5.11 Å². The van der Waals surface area contributed by atoms with Crippen molar-refractivity contribution in [3.63, 3.8) is 0 Å². The van der Waals surface area contributed by atoms with E-state index >= 15 is 0 Å². The van der Waals surface area contributed by atoms with Crippen molar-refractivity contribution in [2.24, 2.45) is 0 Å². The fourth-order valence-electron chi connectivity index (χ4n) is 2.91. The van der Waals surface area contributed by atoms with Gasteiger partial charge in [0.15, 0.2) is 0 Å². The Hall–Kier alpha value is -1.46. The van der Waals surface area contributed by atoms with Crippen LogP contribution in [0.1, 0.15) is 17.2 Å². The fraction of sp³-hybridized carbons (Fsp3) is 0.389. The third kappa shape index (κ3) is 4.75. The summed E-state index contributed by atoms with van der Waals surface area (Å²) in [5, 5.41) is 11.1. The zero-order valence-electron chi connectivity index (χ0n) is 13.1. The molecule has 2 aromatic rings. The summed E-state index contributed by atoms with van der Waals surface area (Å²) in [5.74, 6) is 0. The average molecular weight is 332 g/mol. The van der Waals surface area contributed by atoms with Crippen molar-refractivity contribution >= 4 is 11.6 Å². The third-order valence-electron chi connectivity index (χ3n) is 4.28. The van der Waals surface area contributed by atoms with Crippen molar-refractivity contribution in [2.75, 3.05) is 32.7 Å². The van der Waals surface area contributed by atoms with E-state index in [2.05, 4.69) is 20.9 Å². The molecule has 122 valence electrons. The minimum Gasteiger partial charge on any atom is -0.387 e. The van der Waals surface area contributed by atoms with Crippen molar-refractivity contribution in [3.8, 4) is 0 Å². The fourth-order valence-corrected chi connectivity index (χ4v) is 3.04. The Kier molecular flexibility index (Phi) is 5.62. The molecular formula is C18H22ClN3O. The maximum Gasteiger partial charge on any atom is 0.0916 e. The van der Waals surface area contributed by atoms with Gasteiger partial charge in [0.2, 0.25) is 0 Å². The van der Waals surface area contributed by atoms with Gasteiger partial charge in [0.1, 0.15) is 0 Å². The minimum absolute atomic E-state index is 0.461. The van der Waals surface area contributed by atoms with E-state index in [1.54, 1.807) is 6.20 Å². The first-order valence-electron chi connectivity index (χ1n) is 7.98. The first-order chi connectivity index (χ1) is 11.2. The second kappa shape index (κ2) is 7.88. The van der Waals surface area contributed by atoms with Gasteiger partial charge in [0, 0.05) is 56.7 Å². The van der Waals surface area contributed by atoms with Crippen LogP contribution in [0.25, 0.3) is 0 Å². The summed E-state index contributed by atoms with van der Waals surface area (Å²) in [6.07, 6.45) is 3.27. The van der Waals surface area contributed by atoms with Gasteiger partial charge in [0.05, 0.1) is 6.10 Å². The molecule has 0 aliphatic carbocycles. The summed E-state index contributed by atoms with van der Waals surface area (Å²) in [7, 11) is 0. The van der Waals surface area contributed by atoms with Crippen molar-refractivity contribution in [3.05, 3.63) is 64.9 Å². The third-order valence-corrected chi connectivity index (χ3v) is 4.53. The number of benzene rings is 1. The van der Waals surface area contributed by atoms with E-state index < -0.39 is 6.10 Å². The number of aliphatic hydroxyl groups excluding tert-OH is 1. The number of nitrogens with zero attached hydrogens (tertiary/aromatic N) is 3. The van der Waals surface area contributed by atoms with Gasteiger partial charge in [-0.25, -0.2) is 0 Å². The van der Waals surface area contributed by atoms with Crippen LogP contribution in [0.4, 0.5) is 0 Å². The number of pyridine rings is 1. The van der Waals surface area contributed by atoms with Crippen molar-refractivity contribution in [1.29, 1.82) is 0 Å². The summed E-state index contributed by atoms with van der Waals surface area (Å²) in [6, 6.07) is 11.5. The second-order valence-corrected chi connectivity index (χ2v) is 6.44. The number of aromatic nitrogens is 1. The molecule has 1 saturated heterocycles. The van der Waals surface area contributed by atoms with Crippen LogP contribution in [0.15, 0.2) is 48.8 Å². The Morgan fingerprint density at radius 1 is 1.04 bits per heavy atom. The highest BCUT2D eigenvalue weighted by Crippen LogP contribution is 2.18. The highest BCUT2D eigenvalue weighted by atomic mass is 35.5. The van der Waals surface area contributed by atoms with Gasteiger partial charge in [-0.15, -0.1) is 0 Å². The van der Waals surface area contributed by atoms with Gasteiger partial charge in [0.25, 0.3) is 0 Å². The zero-order chi connectivity index (χ0) is 16.1. The van der Waals surface area contributed by atoms with E-state index in [-0.39, 0.29) is 0 Å². The van der Waals surface area contributed by atoms with E-state index in [1.165, 1.54) is 5.56 Å². The monoisotopic (exact) mass is 331 g/mol. The molecule has 0 radical (unpaired) electrons. The van der Waals surface area contributed by atoms with Crippen LogP contribution in [-0.4, -0.2) is 52.6 Å². The highest BCUT2D eigenvalue weighted by molar-refractivity contribution is 6.30. The predicted octanol–water partition coefficient (Wildman–Crippen LogP) is 2.59. The molecule has 2 heterocycles. The van der Waals surface area contributed by atoms with E-state index in [0.29, 0.717) is 11.6 Å². The molecule has 1 fully saturated rings. The molecule has 1 aliphatic heterocycles. The van der Waals surface area contributed by atoms with Crippen molar-refractivity contribution in [1.82, 2.24) is 14.8 Å². The molecule has 3 rings (SSSR count). The van der Waals surface area contributed by atoms with Gasteiger partial charge in [-0.2, -0.15) is 0 Å². The smallest absolute Gasteiger partial charge is 0.0916 e. The maximum atomic E-state index is 10.4. The molecule has 5 heteroatoms. The SMILES string of the molecule is OC(CN1CCN(Cc2cccnc2)CC1)c1ccc(Cl)cc1. The molecule has 4 nitrogen and oxygen atoms in total. The molecule has 23 heavy (non-hydrogen) atoms. The Labute approximate surface area is 142 Å². The molecule has 0 saturated carbocycles. The topological polar surface area (TPSA) is 39.6 Å². The molecule has 0 bridgehead atoms. The minimum atomic E-state index is -0.461. The lowest BCUT2D eigenvalue weighted by molar-refractivity contribution is 0.0701. The highest BCUT2D eigenvalue weighted by Gasteiger charge is 2.20. The number of rotatable bonds is 5. The quantitative estimate of drug-likeness (QED) is 0.914. The van der Waals surface area contributed by atoms with Crippen molar-refractivity contribution < 1.29 is 5.11 Å². The number of piperazine rings is 1. The van der Waals surface area contributed by atoms with Crippen LogP contribution in [0.5, 0.6) is 0 Å². The molecule has 1 aromatic carbocycles. The summed E-state index contributed by atoms with van der Waals surface area (Å²) < 4.78 is 0. The van der Waals surface area contributed by atoms with Crippen LogP contribution >= 0.6 is 11.6 Å². The van der Waals surface area contributed by atoms with Gasteiger partial charge >= 0.3 is 0 Å². The molecular weight excluding hydrogens is 310 g/mol. The lowest BCUT2D eigenvalue weighted by atomic mass is 10.1. The molecule has 1 atom stereocenters. The summed E-state index contributed by atoms with van der Waals surface area (Å²) in [5.41, 5.74) is 2.18. The summed E-state index contributed by atoms with van der Waals surface area (Å²) >= 11 is 5.89. The molecule has 1 aromatic heterocycles. The van der Waals surface area contributed by atoms with Crippen LogP contribution in [0.3, 0.4) is 0 Å². The molecule has 0 spiro atoms. The van der Waals surface area contributed by atoms with Gasteiger partial charge < -0.3 is 5.11 Å². The number of β-amino-alcohol motifs (C(OH)–C–C–N with tert-alkyl or cyclic N) is 1. The van der Waals surface area contributed by atoms with E-state index in [0.717, 1.165) is 38.3 Å². The first kappa shape index (κ1) is 16.4. The molecule has 1 aliphatic rings. The van der Waals surface area contributed by atoms with Gasteiger partial charge in [-0.1, -0.05) is 29.8 Å². The van der Waals surface area contributed by atoms with Crippen LogP contribution < -0.4 is 0 Å². The van der Waals surface area contributed by atoms with Crippen molar-refractivity contribution in [2.45, 2.75) is 12.6 Å². The maximum absolute atomic E-state index is 10.4. The lowest BCUT2D eigenvalue weighted by Gasteiger charge is -2.35. The average Bonchev–Trinajstić information content (AvgIpc) is 2.58. The molecule has 1 unspecified atom stereocenters. The summed E-state index contributed by atoms with van der Waals surface area (Å²) in [6.45, 7) is 5.60. The number of hydrogen-bond donors (Lipinski definition) is 1. The molecule has 0 amide bonds. The van der Waals surface area contributed by atoms with E-state index in [4.69, 9.17) is 11.6 Å². The number of hydrogen-bond acceptors (Lipinski definition) is 4. The van der Waals surface area contributed by atoms with Crippen LogP contribution in [0, 0.1) is 0 Å². The van der Waals surface area contributed by atoms with Gasteiger partial charge in [-0.3, -0.25) is 14.8 Å². The number of aliphatic hydroxyl groups is 1. The lowest BCUT2D eigenvalue weighted by Crippen LogP contribution is -2.47. The van der Waals surface area contributed by atoms with Crippen LogP contribution in [-0.2, 0) is 6.54 Å². The number of halogens is 1. The first-order valence-corrected chi connectivity index (χ1v) is 8.35. The van der Waals surface area contributed by atoms with Crippen LogP contribution in [0.2, 0.25) is 5.02 Å².